The summed E-state index contributed by atoms with van der Waals surface area (Å²) in [7, 11) is 0. The third kappa shape index (κ3) is 3.80. The second-order valence-electron chi connectivity index (χ2n) is 5.30. The molecular weight excluding hydrogens is 338 g/mol. The van der Waals surface area contributed by atoms with Crippen LogP contribution in [0.3, 0.4) is 0 Å². The highest BCUT2D eigenvalue weighted by atomic mass is 32.2. The summed E-state index contributed by atoms with van der Waals surface area (Å²) in [4.78, 5) is 14.7. The van der Waals surface area contributed by atoms with Gasteiger partial charge in [-0.3, -0.25) is 4.79 Å². The van der Waals surface area contributed by atoms with Crippen molar-refractivity contribution in [1.29, 1.82) is 0 Å². The molecule has 5 heteroatoms. The van der Waals surface area contributed by atoms with E-state index in [9.17, 15) is 9.90 Å². The van der Waals surface area contributed by atoms with Gasteiger partial charge in [-0.25, -0.2) is 0 Å². The van der Waals surface area contributed by atoms with Crippen LogP contribution in [0, 0.1) is 0 Å². The van der Waals surface area contributed by atoms with E-state index >= 15 is 0 Å². The predicted molar refractivity (Wildman–Crippen MR) is 101 cm³/mol. The lowest BCUT2D eigenvalue weighted by atomic mass is 10.0. The number of rotatable bonds is 6. The second kappa shape index (κ2) is 7.55. The van der Waals surface area contributed by atoms with Gasteiger partial charge in [0.2, 0.25) is 0 Å². The van der Waals surface area contributed by atoms with Crippen molar-refractivity contribution >= 4 is 34.6 Å². The van der Waals surface area contributed by atoms with Crippen molar-refractivity contribution in [3.63, 3.8) is 0 Å². The summed E-state index contributed by atoms with van der Waals surface area (Å²) in [6, 6.07) is 18.3. The Hall–Kier alpha value is -2.24. The highest BCUT2D eigenvalue weighted by Gasteiger charge is 2.21. The summed E-state index contributed by atoms with van der Waals surface area (Å²) in [5.74, 6) is -0.0508. The van der Waals surface area contributed by atoms with E-state index in [1.165, 1.54) is 6.07 Å². The molecule has 24 heavy (non-hydrogen) atoms. The maximum atomic E-state index is 12.6. The van der Waals surface area contributed by atoms with Crippen LogP contribution in [0.1, 0.15) is 26.9 Å². The van der Waals surface area contributed by atoms with Crippen LogP contribution in [0.15, 0.2) is 70.9 Å². The normalized spacial score (nSPS) is 12.0. The fourth-order valence-electron chi connectivity index (χ4n) is 2.40. The maximum Gasteiger partial charge on any atom is 0.168 e. The molecule has 3 nitrogen and oxygen atoms in total. The van der Waals surface area contributed by atoms with Crippen LogP contribution in [-0.4, -0.2) is 10.9 Å². The van der Waals surface area contributed by atoms with Crippen LogP contribution in [-0.2, 0) is 0 Å². The van der Waals surface area contributed by atoms with Gasteiger partial charge in [0.15, 0.2) is 5.78 Å². The van der Waals surface area contributed by atoms with Crippen molar-refractivity contribution in [1.82, 2.24) is 0 Å². The van der Waals surface area contributed by atoms with Gasteiger partial charge in [-0.2, -0.15) is 0 Å². The number of nitrogens with two attached hydrogens (primary N) is 1. The SMILES string of the molecule is Nc1ccccc1SC(CC(=O)c1ccccc1O)c1cccs1. The molecule has 0 aliphatic rings. The first-order valence-corrected chi connectivity index (χ1v) is 9.27. The number of phenols is 1. The Bertz CT molecular complexity index is 831. The van der Waals surface area contributed by atoms with E-state index in [1.54, 1.807) is 41.3 Å². The monoisotopic (exact) mass is 355 g/mol. The standard InChI is InChI=1S/C19H17NO2S2/c20-14-7-2-4-9-17(14)24-19(18-10-5-11-23-18)12-16(22)13-6-1-3-8-15(13)21/h1-11,19,21H,12,20H2. The number of hydrogen-bond donors (Lipinski definition) is 2. The zero-order valence-electron chi connectivity index (χ0n) is 12.9. The molecule has 1 heterocycles. The van der Waals surface area contributed by atoms with Crippen LogP contribution in [0.25, 0.3) is 0 Å². The number of carbonyl (C=O) groups is 1. The Morgan fingerprint density at radius 1 is 1.08 bits per heavy atom. The maximum absolute atomic E-state index is 12.6. The van der Waals surface area contributed by atoms with Crippen LogP contribution >= 0.6 is 23.1 Å². The largest absolute Gasteiger partial charge is 0.507 e. The molecule has 0 aliphatic carbocycles. The summed E-state index contributed by atoms with van der Waals surface area (Å²) in [6.07, 6.45) is 0.303. The topological polar surface area (TPSA) is 63.3 Å². The van der Waals surface area contributed by atoms with E-state index in [2.05, 4.69) is 0 Å². The summed E-state index contributed by atoms with van der Waals surface area (Å²) in [6.45, 7) is 0. The quantitative estimate of drug-likeness (QED) is 0.365. The number of phenolic OH excluding ortho intramolecular Hbond substituents is 1. The lowest BCUT2D eigenvalue weighted by molar-refractivity contribution is 0.0979. The molecule has 0 amide bonds. The van der Waals surface area contributed by atoms with Gasteiger partial charge in [0.1, 0.15) is 5.75 Å². The van der Waals surface area contributed by atoms with Gasteiger partial charge in [-0.15, -0.1) is 23.1 Å². The van der Waals surface area contributed by atoms with Crippen molar-refractivity contribution in [2.75, 3.05) is 5.73 Å². The van der Waals surface area contributed by atoms with Crippen LogP contribution in [0.4, 0.5) is 5.69 Å². The van der Waals surface area contributed by atoms with Gasteiger partial charge in [0.05, 0.1) is 10.8 Å². The van der Waals surface area contributed by atoms with Crippen molar-refractivity contribution in [2.45, 2.75) is 16.6 Å². The number of thioether (sulfide) groups is 1. The molecule has 3 N–H and O–H groups in total. The number of para-hydroxylation sites is 2. The number of Topliss-reactive ketones (excluding diaryl/α,β-unsaturated/α-hetero) is 1. The molecule has 1 aromatic heterocycles. The molecule has 1 atom stereocenters. The molecule has 1 unspecified atom stereocenters. The van der Waals surface area contributed by atoms with Crippen molar-refractivity contribution < 1.29 is 9.90 Å². The summed E-state index contributed by atoms with van der Waals surface area (Å²) in [5, 5.41) is 11.9. The Balaban J connectivity index is 1.85. The molecule has 0 bridgehead atoms. The van der Waals surface area contributed by atoms with Crippen LogP contribution in [0.5, 0.6) is 5.75 Å². The highest BCUT2D eigenvalue weighted by Crippen LogP contribution is 2.42. The third-order valence-corrected chi connectivity index (χ3v) is 6.09. The Morgan fingerprint density at radius 2 is 1.83 bits per heavy atom. The zero-order chi connectivity index (χ0) is 16.9. The molecule has 122 valence electrons. The van der Waals surface area contributed by atoms with Crippen molar-refractivity contribution in [3.8, 4) is 5.75 Å². The Kier molecular flexibility index (Phi) is 5.23. The van der Waals surface area contributed by atoms with E-state index in [-0.39, 0.29) is 16.8 Å². The summed E-state index contributed by atoms with van der Waals surface area (Å²) >= 11 is 3.21. The Labute approximate surface area is 149 Å². The minimum absolute atomic E-state index is 0.0247. The van der Waals surface area contributed by atoms with Crippen LogP contribution in [0.2, 0.25) is 0 Å². The number of aromatic hydroxyl groups is 1. The average molecular weight is 355 g/mol. The molecule has 3 aromatic rings. The first-order chi connectivity index (χ1) is 11.6. The summed E-state index contributed by atoms with van der Waals surface area (Å²) < 4.78 is 0. The van der Waals surface area contributed by atoms with Gasteiger partial charge >= 0.3 is 0 Å². The molecule has 0 saturated heterocycles. The molecular formula is C19H17NO2S2. The number of carbonyl (C=O) groups excluding carboxylic acids is 1. The lowest BCUT2D eigenvalue weighted by Crippen LogP contribution is -2.05. The number of nitrogen functional groups attached to an aromatic ring is 1. The van der Waals surface area contributed by atoms with E-state index in [0.29, 0.717) is 17.7 Å². The first-order valence-electron chi connectivity index (χ1n) is 7.51. The second-order valence-corrected chi connectivity index (χ2v) is 7.53. The highest BCUT2D eigenvalue weighted by molar-refractivity contribution is 7.99. The van der Waals surface area contributed by atoms with E-state index in [1.807, 2.05) is 41.8 Å². The number of ketones is 1. The van der Waals surface area contributed by atoms with Gasteiger partial charge < -0.3 is 10.8 Å². The molecule has 0 fully saturated rings. The smallest absolute Gasteiger partial charge is 0.168 e. The number of anilines is 1. The number of hydrogen-bond acceptors (Lipinski definition) is 5. The number of benzene rings is 2. The molecule has 0 spiro atoms. The number of thiophene rings is 1. The van der Waals surface area contributed by atoms with E-state index < -0.39 is 0 Å². The molecule has 0 radical (unpaired) electrons. The van der Waals surface area contributed by atoms with Crippen molar-refractivity contribution in [3.05, 3.63) is 76.5 Å². The Morgan fingerprint density at radius 3 is 2.54 bits per heavy atom. The van der Waals surface area contributed by atoms with E-state index in [0.717, 1.165) is 9.77 Å². The van der Waals surface area contributed by atoms with Gasteiger partial charge in [-0.1, -0.05) is 30.3 Å². The molecule has 0 aliphatic heterocycles. The minimum atomic E-state index is -0.0755. The first kappa shape index (κ1) is 16.6. The zero-order valence-corrected chi connectivity index (χ0v) is 14.5. The molecule has 2 aromatic carbocycles. The van der Waals surface area contributed by atoms with Gasteiger partial charge in [-0.05, 0) is 35.7 Å². The van der Waals surface area contributed by atoms with E-state index in [4.69, 9.17) is 5.73 Å². The fraction of sp³-hybridized carbons (Fsp3) is 0.105. The third-order valence-electron chi connectivity index (χ3n) is 3.62. The predicted octanol–water partition coefficient (Wildman–Crippen LogP) is 5.14. The van der Waals surface area contributed by atoms with Crippen LogP contribution < -0.4 is 5.73 Å². The molecule has 3 rings (SSSR count). The summed E-state index contributed by atoms with van der Waals surface area (Å²) in [5.41, 5.74) is 7.12. The lowest BCUT2D eigenvalue weighted by Gasteiger charge is -2.16. The van der Waals surface area contributed by atoms with Gasteiger partial charge in [0.25, 0.3) is 0 Å². The average Bonchev–Trinajstić information content (AvgIpc) is 3.11. The van der Waals surface area contributed by atoms with Crippen molar-refractivity contribution in [2.24, 2.45) is 0 Å². The fourth-order valence-corrected chi connectivity index (χ4v) is 4.52. The van der Waals surface area contributed by atoms with Gasteiger partial charge in [0, 0.05) is 21.9 Å². The minimum Gasteiger partial charge on any atom is -0.507 e. The molecule has 0 saturated carbocycles.